The number of carbonyl (C=O) groups is 1. The van der Waals surface area contributed by atoms with Gasteiger partial charge < -0.3 is 14.8 Å². The molecular weight excluding hydrogens is 416 g/mol. The van der Waals surface area contributed by atoms with Crippen LogP contribution in [0.15, 0.2) is 35.0 Å². The molecular formula is C15H7FIN3O3. The molecule has 0 spiro atoms. The number of rotatable bonds is 3. The first-order valence-electron chi connectivity index (χ1n) is 6.27. The second kappa shape index (κ2) is 5.85. The van der Waals surface area contributed by atoms with Gasteiger partial charge in [-0.15, -0.1) is 0 Å². The molecule has 3 rings (SSSR count). The SMILES string of the molecule is N#Cc1cncc2c(Nc3ccc(I)cc3F)c(C(=O)O)oc12. The van der Waals surface area contributed by atoms with Gasteiger partial charge in [0.1, 0.15) is 23.1 Å². The van der Waals surface area contributed by atoms with Crippen LogP contribution in [0.25, 0.3) is 11.0 Å². The average molecular weight is 423 g/mol. The first-order valence-corrected chi connectivity index (χ1v) is 7.35. The molecule has 3 aromatic rings. The van der Waals surface area contributed by atoms with Crippen LogP contribution in [-0.2, 0) is 0 Å². The third-order valence-corrected chi connectivity index (χ3v) is 3.77. The van der Waals surface area contributed by atoms with Crippen molar-refractivity contribution in [3.05, 3.63) is 51.3 Å². The highest BCUT2D eigenvalue weighted by molar-refractivity contribution is 14.1. The molecule has 0 saturated heterocycles. The van der Waals surface area contributed by atoms with Crippen LogP contribution in [-0.4, -0.2) is 16.1 Å². The monoisotopic (exact) mass is 423 g/mol. The Labute approximate surface area is 142 Å². The van der Waals surface area contributed by atoms with Crippen LogP contribution in [0.3, 0.4) is 0 Å². The summed E-state index contributed by atoms with van der Waals surface area (Å²) < 4.78 is 20.0. The molecule has 0 bridgehead atoms. The molecule has 0 aliphatic carbocycles. The third-order valence-electron chi connectivity index (χ3n) is 3.10. The lowest BCUT2D eigenvalue weighted by molar-refractivity contribution is 0.0666. The standard InChI is InChI=1S/C15H7FIN3O3/c16-10-3-8(17)1-2-11(10)20-12-9-6-19-5-7(4-18)13(9)23-14(12)15(21)22/h1-3,5-6,20H,(H,21,22). The molecule has 0 atom stereocenters. The van der Waals surface area contributed by atoms with Crippen LogP contribution in [0.2, 0.25) is 0 Å². The van der Waals surface area contributed by atoms with Crippen LogP contribution < -0.4 is 5.32 Å². The van der Waals surface area contributed by atoms with Crippen molar-refractivity contribution < 1.29 is 18.7 Å². The van der Waals surface area contributed by atoms with E-state index in [0.29, 0.717) is 8.96 Å². The zero-order valence-electron chi connectivity index (χ0n) is 11.3. The number of carboxylic acid groups (broad SMARTS) is 1. The Kier molecular flexibility index (Phi) is 3.87. The molecule has 2 aromatic heterocycles. The molecule has 2 heterocycles. The summed E-state index contributed by atoms with van der Waals surface area (Å²) in [7, 11) is 0. The maximum atomic E-state index is 14.0. The van der Waals surface area contributed by atoms with Gasteiger partial charge in [-0.1, -0.05) is 0 Å². The van der Waals surface area contributed by atoms with E-state index in [9.17, 15) is 14.3 Å². The van der Waals surface area contributed by atoms with E-state index in [-0.39, 0.29) is 22.5 Å². The molecule has 8 heteroatoms. The molecule has 0 unspecified atom stereocenters. The maximum Gasteiger partial charge on any atom is 0.374 e. The Morgan fingerprint density at radius 2 is 2.22 bits per heavy atom. The molecule has 114 valence electrons. The fourth-order valence-electron chi connectivity index (χ4n) is 2.09. The molecule has 0 radical (unpaired) electrons. The highest BCUT2D eigenvalue weighted by atomic mass is 127. The number of aromatic nitrogens is 1. The Balaban J connectivity index is 2.21. The lowest BCUT2D eigenvalue weighted by Crippen LogP contribution is -2.01. The minimum atomic E-state index is -1.33. The number of hydrogen-bond acceptors (Lipinski definition) is 5. The van der Waals surface area contributed by atoms with Crippen molar-refractivity contribution in [2.24, 2.45) is 0 Å². The van der Waals surface area contributed by atoms with Gasteiger partial charge in [-0.2, -0.15) is 5.26 Å². The van der Waals surface area contributed by atoms with E-state index in [1.54, 1.807) is 6.07 Å². The van der Waals surface area contributed by atoms with Crippen molar-refractivity contribution in [1.82, 2.24) is 4.98 Å². The molecule has 23 heavy (non-hydrogen) atoms. The van der Waals surface area contributed by atoms with Crippen molar-refractivity contribution in [3.63, 3.8) is 0 Å². The van der Waals surface area contributed by atoms with Gasteiger partial charge in [-0.25, -0.2) is 9.18 Å². The summed E-state index contributed by atoms with van der Waals surface area (Å²) in [5, 5.41) is 21.4. The summed E-state index contributed by atoms with van der Waals surface area (Å²) in [6.45, 7) is 0. The van der Waals surface area contributed by atoms with E-state index >= 15 is 0 Å². The molecule has 1 aromatic carbocycles. The number of anilines is 2. The number of pyridine rings is 1. The van der Waals surface area contributed by atoms with Crippen LogP contribution in [0.1, 0.15) is 16.1 Å². The van der Waals surface area contributed by atoms with Gasteiger partial charge in [0.15, 0.2) is 5.58 Å². The zero-order chi connectivity index (χ0) is 16.6. The minimum Gasteiger partial charge on any atom is -0.475 e. The summed E-state index contributed by atoms with van der Waals surface area (Å²) in [6.07, 6.45) is 2.63. The zero-order valence-corrected chi connectivity index (χ0v) is 13.5. The topological polar surface area (TPSA) is 99.2 Å². The van der Waals surface area contributed by atoms with Gasteiger partial charge in [-0.3, -0.25) is 4.98 Å². The summed E-state index contributed by atoms with van der Waals surface area (Å²) in [6, 6.07) is 6.35. The lowest BCUT2D eigenvalue weighted by Gasteiger charge is -2.07. The number of nitrogens with zero attached hydrogens (tertiary/aromatic N) is 2. The number of nitrogens with one attached hydrogen (secondary N) is 1. The Morgan fingerprint density at radius 3 is 2.87 bits per heavy atom. The third kappa shape index (κ3) is 2.70. The predicted octanol–water partition coefficient (Wildman–Crippen LogP) is 3.88. The minimum absolute atomic E-state index is 0.0530. The molecule has 0 amide bonds. The second-order valence-corrected chi connectivity index (χ2v) is 5.78. The molecule has 2 N–H and O–H groups in total. The number of fused-ring (bicyclic) bond motifs is 1. The van der Waals surface area contributed by atoms with Crippen LogP contribution >= 0.6 is 22.6 Å². The van der Waals surface area contributed by atoms with E-state index < -0.39 is 17.5 Å². The van der Waals surface area contributed by atoms with Crippen LogP contribution in [0.4, 0.5) is 15.8 Å². The van der Waals surface area contributed by atoms with E-state index in [2.05, 4.69) is 10.3 Å². The van der Waals surface area contributed by atoms with Gasteiger partial charge in [0.25, 0.3) is 0 Å². The maximum absolute atomic E-state index is 14.0. The number of hydrogen-bond donors (Lipinski definition) is 2. The summed E-state index contributed by atoms with van der Waals surface area (Å²) in [4.78, 5) is 15.3. The Bertz CT molecular complexity index is 978. The predicted molar refractivity (Wildman–Crippen MR) is 88.1 cm³/mol. The number of aromatic carboxylic acids is 1. The van der Waals surface area contributed by atoms with Crippen LogP contribution in [0.5, 0.6) is 0 Å². The fraction of sp³-hybridized carbons (Fsp3) is 0. The van der Waals surface area contributed by atoms with E-state index in [1.807, 2.05) is 28.7 Å². The van der Waals surface area contributed by atoms with Crippen molar-refractivity contribution in [2.75, 3.05) is 5.32 Å². The lowest BCUT2D eigenvalue weighted by atomic mass is 10.2. The smallest absolute Gasteiger partial charge is 0.374 e. The molecule has 0 aliphatic rings. The quantitative estimate of drug-likeness (QED) is 0.621. The van der Waals surface area contributed by atoms with Crippen molar-refractivity contribution in [3.8, 4) is 6.07 Å². The molecule has 0 saturated carbocycles. The molecule has 0 fully saturated rings. The summed E-state index contributed by atoms with van der Waals surface area (Å²) >= 11 is 1.97. The number of halogens is 2. The highest BCUT2D eigenvalue weighted by Gasteiger charge is 2.23. The fourth-order valence-corrected chi connectivity index (χ4v) is 2.55. The Morgan fingerprint density at radius 1 is 1.43 bits per heavy atom. The summed E-state index contributed by atoms with van der Waals surface area (Å²) in [5.41, 5.74) is 0.338. The van der Waals surface area contributed by atoms with Crippen LogP contribution in [0, 0.1) is 20.7 Å². The Hall–Kier alpha value is -2.67. The van der Waals surface area contributed by atoms with Crippen molar-refractivity contribution in [1.29, 1.82) is 5.26 Å². The molecule has 6 nitrogen and oxygen atoms in total. The largest absolute Gasteiger partial charge is 0.475 e. The van der Waals surface area contributed by atoms with Gasteiger partial charge in [0.2, 0.25) is 5.76 Å². The second-order valence-electron chi connectivity index (χ2n) is 4.54. The van der Waals surface area contributed by atoms with Crippen molar-refractivity contribution >= 4 is 50.9 Å². The van der Waals surface area contributed by atoms with E-state index in [4.69, 9.17) is 9.68 Å². The number of carboxylic acids is 1. The average Bonchev–Trinajstić information content (AvgIpc) is 2.89. The van der Waals surface area contributed by atoms with Gasteiger partial charge in [-0.05, 0) is 40.8 Å². The van der Waals surface area contributed by atoms with Gasteiger partial charge >= 0.3 is 5.97 Å². The first kappa shape index (κ1) is 15.2. The first-order chi connectivity index (χ1) is 11.0. The van der Waals surface area contributed by atoms with E-state index in [0.717, 1.165) is 0 Å². The summed E-state index contributed by atoms with van der Waals surface area (Å²) in [5.74, 6) is -2.28. The van der Waals surface area contributed by atoms with Crippen molar-refractivity contribution in [2.45, 2.75) is 0 Å². The highest BCUT2D eigenvalue weighted by Crippen LogP contribution is 2.35. The number of nitriles is 1. The number of benzene rings is 1. The molecule has 0 aliphatic heterocycles. The van der Waals surface area contributed by atoms with E-state index in [1.165, 1.54) is 24.5 Å². The van der Waals surface area contributed by atoms with Gasteiger partial charge in [0.05, 0.1) is 11.1 Å². The number of furan rings is 1. The van der Waals surface area contributed by atoms with Gasteiger partial charge in [0, 0.05) is 16.0 Å². The normalized spacial score (nSPS) is 10.5.